The van der Waals surface area contributed by atoms with E-state index < -0.39 is 24.2 Å². The first-order valence-electron chi connectivity index (χ1n) is 7.93. The van der Waals surface area contributed by atoms with Crippen molar-refractivity contribution in [2.45, 2.75) is 13.0 Å². The summed E-state index contributed by atoms with van der Waals surface area (Å²) < 4.78 is 41.6. The second kappa shape index (κ2) is 9.42. The Balaban J connectivity index is 2.12. The third kappa shape index (κ3) is 6.50. The fourth-order valence-electron chi connectivity index (χ4n) is 2.23. The molecule has 2 N–H and O–H groups in total. The highest BCUT2D eigenvalue weighted by molar-refractivity contribution is 6.04. The van der Waals surface area contributed by atoms with Gasteiger partial charge in [0, 0.05) is 24.7 Å². The number of anilines is 1. The van der Waals surface area contributed by atoms with Crippen LogP contribution in [0.25, 0.3) is 6.08 Å². The van der Waals surface area contributed by atoms with E-state index in [2.05, 4.69) is 4.74 Å². The van der Waals surface area contributed by atoms with Gasteiger partial charge in [0.15, 0.2) is 0 Å². The number of benzene rings is 2. The van der Waals surface area contributed by atoms with Gasteiger partial charge in [0.1, 0.15) is 11.6 Å². The predicted octanol–water partition coefficient (Wildman–Crippen LogP) is 3.35. The van der Waals surface area contributed by atoms with Gasteiger partial charge in [-0.3, -0.25) is 9.59 Å². The Morgan fingerprint density at radius 1 is 1.07 bits per heavy atom. The van der Waals surface area contributed by atoms with Crippen LogP contribution in [0.15, 0.2) is 54.6 Å². The van der Waals surface area contributed by atoms with Crippen LogP contribution in [-0.4, -0.2) is 25.0 Å². The Morgan fingerprint density at radius 2 is 1.70 bits per heavy atom. The Hall–Kier alpha value is -3.29. The van der Waals surface area contributed by atoms with Gasteiger partial charge in [-0.15, -0.1) is 0 Å². The topological polar surface area (TPSA) is 72.6 Å². The molecule has 27 heavy (non-hydrogen) atoms. The number of ether oxygens (including phenoxy) is 1. The van der Waals surface area contributed by atoms with Crippen molar-refractivity contribution in [3.63, 3.8) is 0 Å². The molecule has 5 nitrogen and oxygen atoms in total. The maximum atomic E-state index is 13.1. The highest BCUT2D eigenvalue weighted by Crippen LogP contribution is 2.18. The van der Waals surface area contributed by atoms with Crippen LogP contribution in [0.1, 0.15) is 12.0 Å². The molecule has 0 unspecified atom stereocenters. The Kier molecular flexibility index (Phi) is 6.99. The van der Waals surface area contributed by atoms with Crippen molar-refractivity contribution >= 4 is 23.6 Å². The first-order valence-corrected chi connectivity index (χ1v) is 7.93. The molecule has 142 valence electrons. The maximum Gasteiger partial charge on any atom is 0.387 e. The molecule has 0 fully saturated rings. The molecular formula is C19H17F3N2O3. The van der Waals surface area contributed by atoms with Crippen LogP contribution >= 0.6 is 0 Å². The van der Waals surface area contributed by atoms with Crippen molar-refractivity contribution < 1.29 is 27.5 Å². The lowest BCUT2D eigenvalue weighted by Crippen LogP contribution is -2.32. The van der Waals surface area contributed by atoms with E-state index in [9.17, 15) is 22.8 Å². The maximum absolute atomic E-state index is 13.1. The van der Waals surface area contributed by atoms with Crippen LogP contribution in [0.3, 0.4) is 0 Å². The van der Waals surface area contributed by atoms with Gasteiger partial charge in [0.25, 0.3) is 5.91 Å². The highest BCUT2D eigenvalue weighted by Gasteiger charge is 2.14. The van der Waals surface area contributed by atoms with E-state index in [1.54, 1.807) is 0 Å². The van der Waals surface area contributed by atoms with E-state index in [0.29, 0.717) is 11.3 Å². The zero-order valence-electron chi connectivity index (χ0n) is 14.1. The molecule has 0 spiro atoms. The Bertz CT molecular complexity index is 806. The molecule has 2 rings (SSSR count). The van der Waals surface area contributed by atoms with Crippen molar-refractivity contribution in [3.8, 4) is 5.75 Å². The van der Waals surface area contributed by atoms with Gasteiger partial charge >= 0.3 is 6.61 Å². The normalized spacial score (nSPS) is 11.0. The second-order valence-corrected chi connectivity index (χ2v) is 5.46. The molecule has 0 heterocycles. The quantitative estimate of drug-likeness (QED) is 0.716. The molecule has 0 aromatic heterocycles. The number of halogens is 3. The summed E-state index contributed by atoms with van der Waals surface area (Å²) in [4.78, 5) is 24.8. The van der Waals surface area contributed by atoms with Gasteiger partial charge in [0.05, 0.1) is 0 Å². The molecule has 8 heteroatoms. The van der Waals surface area contributed by atoms with Crippen molar-refractivity contribution in [3.05, 3.63) is 66.0 Å². The number of hydrogen-bond donors (Lipinski definition) is 1. The SMILES string of the molecule is NC(=O)CCN(C(=O)/C=C/c1ccc(OC(F)F)cc1)c1ccc(F)cc1. The summed E-state index contributed by atoms with van der Waals surface area (Å²) in [5, 5.41) is 0. The standard InChI is InChI=1S/C19H17F3N2O3/c20-14-4-6-15(7-5-14)24(12-11-17(23)25)18(26)10-3-13-1-8-16(9-2-13)27-19(21)22/h1-10,19H,11-12H2,(H2,23,25)/b10-3+. The minimum absolute atomic E-state index is 0.00266. The van der Waals surface area contributed by atoms with Gasteiger partial charge in [-0.1, -0.05) is 12.1 Å². The Labute approximate surface area is 153 Å². The van der Waals surface area contributed by atoms with Crippen molar-refractivity contribution in [2.75, 3.05) is 11.4 Å². The molecule has 2 aromatic carbocycles. The van der Waals surface area contributed by atoms with Gasteiger partial charge in [0.2, 0.25) is 5.91 Å². The summed E-state index contributed by atoms with van der Waals surface area (Å²) in [5.41, 5.74) is 6.13. The minimum Gasteiger partial charge on any atom is -0.435 e. The van der Waals surface area contributed by atoms with E-state index in [1.165, 1.54) is 65.6 Å². The zero-order chi connectivity index (χ0) is 19.8. The Morgan fingerprint density at radius 3 is 2.26 bits per heavy atom. The molecule has 0 bridgehead atoms. The second-order valence-electron chi connectivity index (χ2n) is 5.46. The van der Waals surface area contributed by atoms with Gasteiger partial charge in [-0.05, 0) is 48.0 Å². The van der Waals surface area contributed by atoms with Gasteiger partial charge in [-0.2, -0.15) is 8.78 Å². The summed E-state index contributed by atoms with van der Waals surface area (Å²) in [7, 11) is 0. The first kappa shape index (κ1) is 20.0. The lowest BCUT2D eigenvalue weighted by molar-refractivity contribution is -0.118. The number of alkyl halides is 2. The molecule has 0 aliphatic carbocycles. The van der Waals surface area contributed by atoms with Crippen LogP contribution in [0.2, 0.25) is 0 Å². The smallest absolute Gasteiger partial charge is 0.387 e. The summed E-state index contributed by atoms with van der Waals surface area (Å²) in [6.07, 6.45) is 2.68. The molecule has 0 atom stereocenters. The number of hydrogen-bond acceptors (Lipinski definition) is 3. The number of carbonyl (C=O) groups excluding carboxylic acids is 2. The van der Waals surface area contributed by atoms with Crippen molar-refractivity contribution in [1.29, 1.82) is 0 Å². The highest BCUT2D eigenvalue weighted by atomic mass is 19.3. The largest absolute Gasteiger partial charge is 0.435 e. The van der Waals surface area contributed by atoms with Crippen LogP contribution in [-0.2, 0) is 9.59 Å². The summed E-state index contributed by atoms with van der Waals surface area (Å²) in [6, 6.07) is 10.9. The van der Waals surface area contributed by atoms with E-state index in [1.807, 2.05) is 0 Å². The van der Waals surface area contributed by atoms with Crippen LogP contribution in [0.5, 0.6) is 5.75 Å². The van der Waals surface area contributed by atoms with E-state index in [4.69, 9.17) is 5.73 Å². The molecule has 0 saturated heterocycles. The number of nitrogens with zero attached hydrogens (tertiary/aromatic N) is 1. The molecule has 0 aliphatic rings. The summed E-state index contributed by atoms with van der Waals surface area (Å²) in [6.45, 7) is -2.88. The number of nitrogens with two attached hydrogens (primary N) is 1. The molecule has 2 aromatic rings. The lowest BCUT2D eigenvalue weighted by Gasteiger charge is -2.20. The molecule has 0 aliphatic heterocycles. The minimum atomic E-state index is -2.91. The van der Waals surface area contributed by atoms with E-state index in [0.717, 1.165) is 0 Å². The fourth-order valence-corrected chi connectivity index (χ4v) is 2.23. The molecule has 0 radical (unpaired) electrons. The molecular weight excluding hydrogens is 361 g/mol. The van der Waals surface area contributed by atoms with Crippen molar-refractivity contribution in [1.82, 2.24) is 0 Å². The first-order chi connectivity index (χ1) is 12.8. The number of carbonyl (C=O) groups is 2. The number of primary amides is 1. The molecule has 2 amide bonds. The number of rotatable bonds is 8. The fraction of sp³-hybridized carbons (Fsp3) is 0.158. The van der Waals surface area contributed by atoms with E-state index >= 15 is 0 Å². The third-order valence-electron chi connectivity index (χ3n) is 3.51. The van der Waals surface area contributed by atoms with Gasteiger partial charge < -0.3 is 15.4 Å². The average molecular weight is 378 g/mol. The van der Waals surface area contributed by atoms with Crippen LogP contribution in [0.4, 0.5) is 18.9 Å². The summed E-state index contributed by atoms with van der Waals surface area (Å²) in [5.74, 6) is -1.48. The average Bonchev–Trinajstić information content (AvgIpc) is 2.62. The monoisotopic (exact) mass is 378 g/mol. The molecule has 0 saturated carbocycles. The van der Waals surface area contributed by atoms with Crippen molar-refractivity contribution in [2.24, 2.45) is 5.73 Å². The third-order valence-corrected chi connectivity index (χ3v) is 3.51. The van der Waals surface area contributed by atoms with Gasteiger partial charge in [-0.25, -0.2) is 4.39 Å². The zero-order valence-corrected chi connectivity index (χ0v) is 14.1. The van der Waals surface area contributed by atoms with E-state index in [-0.39, 0.29) is 18.7 Å². The predicted molar refractivity (Wildman–Crippen MR) is 94.7 cm³/mol. The summed E-state index contributed by atoms with van der Waals surface area (Å²) >= 11 is 0. The van der Waals surface area contributed by atoms with Crippen LogP contribution < -0.4 is 15.4 Å². The van der Waals surface area contributed by atoms with Crippen LogP contribution in [0, 0.1) is 5.82 Å². The number of amides is 2. The lowest BCUT2D eigenvalue weighted by atomic mass is 10.2.